The Hall–Kier alpha value is -3.11. The summed E-state index contributed by atoms with van der Waals surface area (Å²) in [4.78, 5) is 16.6. The fourth-order valence-corrected chi connectivity index (χ4v) is 3.12. The van der Waals surface area contributed by atoms with Crippen molar-refractivity contribution in [1.29, 1.82) is 0 Å². The van der Waals surface area contributed by atoms with E-state index < -0.39 is 22.0 Å². The molecule has 0 aliphatic rings. The first-order chi connectivity index (χ1) is 13.1. The number of aromatic nitrogens is 3. The number of halogens is 1. The van der Waals surface area contributed by atoms with Crippen LogP contribution in [0.3, 0.4) is 0 Å². The molecule has 28 heavy (non-hydrogen) atoms. The standard InChI is InChI=1S/C18H18FN5O3S/c1-11(13-3-9-16(10-4-13)28(20,26)27)21-18(25)17-22-12(2)24(23-17)15-7-5-14(19)6-8-15/h3-11H,1-2H3,(H,21,25)(H2,20,26,27)/t11-/m1/s1. The normalized spacial score (nSPS) is 12.6. The van der Waals surface area contributed by atoms with Crippen molar-refractivity contribution in [1.82, 2.24) is 20.1 Å². The van der Waals surface area contributed by atoms with Crippen LogP contribution in [0.25, 0.3) is 5.69 Å². The summed E-state index contributed by atoms with van der Waals surface area (Å²) in [6, 6.07) is 11.1. The van der Waals surface area contributed by atoms with Gasteiger partial charge in [0.2, 0.25) is 15.8 Å². The van der Waals surface area contributed by atoms with Crippen molar-refractivity contribution in [3.63, 3.8) is 0 Å². The molecule has 3 aromatic rings. The molecule has 3 rings (SSSR count). The van der Waals surface area contributed by atoms with Crippen LogP contribution >= 0.6 is 0 Å². The van der Waals surface area contributed by atoms with Gasteiger partial charge in [-0.3, -0.25) is 4.79 Å². The highest BCUT2D eigenvalue weighted by atomic mass is 32.2. The van der Waals surface area contributed by atoms with Crippen molar-refractivity contribution in [2.45, 2.75) is 24.8 Å². The third kappa shape index (κ3) is 4.24. The second kappa shape index (κ2) is 7.49. The number of amides is 1. The van der Waals surface area contributed by atoms with Crippen LogP contribution in [-0.2, 0) is 10.0 Å². The molecule has 1 atom stereocenters. The maximum absolute atomic E-state index is 13.1. The molecule has 146 valence electrons. The van der Waals surface area contributed by atoms with E-state index in [-0.39, 0.29) is 16.5 Å². The molecule has 0 bridgehead atoms. The number of nitrogens with two attached hydrogens (primary N) is 1. The van der Waals surface area contributed by atoms with Crippen LogP contribution in [0.1, 0.15) is 35.0 Å². The Balaban J connectivity index is 1.76. The van der Waals surface area contributed by atoms with Gasteiger partial charge < -0.3 is 5.32 Å². The molecule has 2 aromatic carbocycles. The lowest BCUT2D eigenvalue weighted by atomic mass is 10.1. The van der Waals surface area contributed by atoms with E-state index in [1.807, 2.05) is 0 Å². The van der Waals surface area contributed by atoms with Crippen molar-refractivity contribution < 1.29 is 17.6 Å². The molecule has 0 spiro atoms. The van der Waals surface area contributed by atoms with Gasteiger partial charge in [-0.25, -0.2) is 27.6 Å². The Morgan fingerprint density at radius 1 is 1.14 bits per heavy atom. The molecular formula is C18H18FN5O3S. The van der Waals surface area contributed by atoms with Crippen molar-refractivity contribution in [3.8, 4) is 5.69 Å². The van der Waals surface area contributed by atoms with Crippen LogP contribution in [0.15, 0.2) is 53.4 Å². The molecule has 0 aliphatic heterocycles. The fraction of sp³-hybridized carbons (Fsp3) is 0.167. The van der Waals surface area contributed by atoms with Gasteiger partial charge in [-0.15, -0.1) is 5.10 Å². The number of carbonyl (C=O) groups excluding carboxylic acids is 1. The summed E-state index contributed by atoms with van der Waals surface area (Å²) in [5, 5.41) is 12.0. The van der Waals surface area contributed by atoms with E-state index in [9.17, 15) is 17.6 Å². The molecule has 0 saturated carbocycles. The summed E-state index contributed by atoms with van der Waals surface area (Å²) in [5.74, 6) is -0.425. The summed E-state index contributed by atoms with van der Waals surface area (Å²) in [7, 11) is -3.78. The predicted octanol–water partition coefficient (Wildman–Crippen LogP) is 1.85. The molecule has 8 nitrogen and oxygen atoms in total. The number of nitrogens with one attached hydrogen (secondary N) is 1. The lowest BCUT2D eigenvalue weighted by Crippen LogP contribution is -2.27. The lowest BCUT2D eigenvalue weighted by Gasteiger charge is -2.13. The molecule has 0 radical (unpaired) electrons. The van der Waals surface area contributed by atoms with Crippen molar-refractivity contribution in [2.75, 3.05) is 0 Å². The van der Waals surface area contributed by atoms with Crippen LogP contribution in [0.2, 0.25) is 0 Å². The summed E-state index contributed by atoms with van der Waals surface area (Å²) in [6.07, 6.45) is 0. The van der Waals surface area contributed by atoms with E-state index in [0.29, 0.717) is 17.1 Å². The number of aryl methyl sites for hydroxylation is 1. The second-order valence-corrected chi connectivity index (χ2v) is 7.74. The van der Waals surface area contributed by atoms with Crippen molar-refractivity contribution in [2.24, 2.45) is 5.14 Å². The Labute approximate surface area is 161 Å². The Kier molecular flexibility index (Phi) is 5.25. The summed E-state index contributed by atoms with van der Waals surface area (Å²) < 4.78 is 37.2. The van der Waals surface area contributed by atoms with E-state index in [2.05, 4.69) is 15.4 Å². The summed E-state index contributed by atoms with van der Waals surface area (Å²) in [5.41, 5.74) is 1.27. The molecule has 0 unspecified atom stereocenters. The smallest absolute Gasteiger partial charge is 0.291 e. The number of sulfonamides is 1. The second-order valence-electron chi connectivity index (χ2n) is 6.18. The topological polar surface area (TPSA) is 120 Å². The molecule has 0 saturated heterocycles. The van der Waals surface area contributed by atoms with E-state index in [0.717, 1.165) is 0 Å². The summed E-state index contributed by atoms with van der Waals surface area (Å²) >= 11 is 0. The van der Waals surface area contributed by atoms with Gasteiger partial charge in [0.25, 0.3) is 5.91 Å². The number of carbonyl (C=O) groups is 1. The molecule has 1 amide bonds. The number of benzene rings is 2. The minimum absolute atomic E-state index is 0.00916. The van der Waals surface area contributed by atoms with E-state index in [4.69, 9.17) is 5.14 Å². The average Bonchev–Trinajstić information content (AvgIpc) is 3.03. The minimum atomic E-state index is -3.78. The number of nitrogens with zero attached hydrogens (tertiary/aromatic N) is 3. The Bertz CT molecular complexity index is 1110. The van der Waals surface area contributed by atoms with Gasteiger partial charge in [-0.2, -0.15) is 0 Å². The van der Waals surface area contributed by atoms with Gasteiger partial charge >= 0.3 is 0 Å². The Morgan fingerprint density at radius 2 is 1.75 bits per heavy atom. The maximum Gasteiger partial charge on any atom is 0.291 e. The van der Waals surface area contributed by atoms with Crippen LogP contribution in [0, 0.1) is 12.7 Å². The molecule has 10 heteroatoms. The van der Waals surface area contributed by atoms with Gasteiger partial charge in [-0.1, -0.05) is 12.1 Å². The van der Waals surface area contributed by atoms with Crippen molar-refractivity contribution in [3.05, 3.63) is 71.6 Å². The molecule has 0 fully saturated rings. The maximum atomic E-state index is 13.1. The number of rotatable bonds is 5. The zero-order valence-corrected chi connectivity index (χ0v) is 15.9. The largest absolute Gasteiger partial charge is 0.343 e. The first-order valence-electron chi connectivity index (χ1n) is 8.28. The lowest BCUT2D eigenvalue weighted by molar-refractivity contribution is 0.0929. The fourth-order valence-electron chi connectivity index (χ4n) is 2.60. The zero-order valence-electron chi connectivity index (χ0n) is 15.1. The number of primary sulfonamides is 1. The third-order valence-electron chi connectivity index (χ3n) is 4.10. The Morgan fingerprint density at radius 3 is 2.32 bits per heavy atom. The molecular weight excluding hydrogens is 385 g/mol. The van der Waals surface area contributed by atoms with Crippen LogP contribution in [-0.4, -0.2) is 29.1 Å². The van der Waals surface area contributed by atoms with Gasteiger partial charge in [-0.05, 0) is 55.8 Å². The van der Waals surface area contributed by atoms with E-state index >= 15 is 0 Å². The van der Waals surface area contributed by atoms with Gasteiger partial charge in [0.1, 0.15) is 11.6 Å². The third-order valence-corrected chi connectivity index (χ3v) is 5.03. The molecule has 1 heterocycles. The minimum Gasteiger partial charge on any atom is -0.343 e. The summed E-state index contributed by atoms with van der Waals surface area (Å²) in [6.45, 7) is 3.43. The number of hydrogen-bond acceptors (Lipinski definition) is 5. The SMILES string of the molecule is Cc1nc(C(=O)N[C@H](C)c2ccc(S(N)(=O)=O)cc2)nn1-c1ccc(F)cc1. The van der Waals surface area contributed by atoms with E-state index in [1.165, 1.54) is 41.1 Å². The highest BCUT2D eigenvalue weighted by molar-refractivity contribution is 7.89. The van der Waals surface area contributed by atoms with Crippen LogP contribution in [0.5, 0.6) is 0 Å². The molecule has 1 aromatic heterocycles. The molecule has 3 N–H and O–H groups in total. The van der Waals surface area contributed by atoms with Crippen molar-refractivity contribution >= 4 is 15.9 Å². The first kappa shape index (κ1) is 19.6. The zero-order chi connectivity index (χ0) is 20.5. The molecule has 0 aliphatic carbocycles. The van der Waals surface area contributed by atoms with Gasteiger partial charge in [0.05, 0.1) is 16.6 Å². The first-order valence-corrected chi connectivity index (χ1v) is 9.83. The van der Waals surface area contributed by atoms with Gasteiger partial charge in [0, 0.05) is 0 Å². The highest BCUT2D eigenvalue weighted by Gasteiger charge is 2.18. The van der Waals surface area contributed by atoms with Crippen LogP contribution in [0.4, 0.5) is 4.39 Å². The predicted molar refractivity (Wildman–Crippen MR) is 99.8 cm³/mol. The monoisotopic (exact) mass is 403 g/mol. The average molecular weight is 403 g/mol. The van der Waals surface area contributed by atoms with E-state index in [1.54, 1.807) is 26.0 Å². The highest BCUT2D eigenvalue weighted by Crippen LogP contribution is 2.16. The quantitative estimate of drug-likeness (QED) is 0.674. The van der Waals surface area contributed by atoms with Crippen LogP contribution < -0.4 is 10.5 Å². The number of hydrogen-bond donors (Lipinski definition) is 2. The van der Waals surface area contributed by atoms with Gasteiger partial charge in [0.15, 0.2) is 0 Å².